The van der Waals surface area contributed by atoms with Gasteiger partial charge in [-0.25, -0.2) is 14.3 Å². The predicted molar refractivity (Wildman–Crippen MR) is 142 cm³/mol. The molecule has 1 aliphatic rings. The lowest BCUT2D eigenvalue weighted by Gasteiger charge is -2.26. The molecule has 0 radical (unpaired) electrons. The van der Waals surface area contributed by atoms with E-state index in [1.807, 2.05) is 0 Å². The molecular weight excluding hydrogens is 551 g/mol. The summed E-state index contributed by atoms with van der Waals surface area (Å²) in [7, 11) is 0. The molecule has 13 heteroatoms. The smallest absolute Gasteiger partial charge is 0.416 e. The maximum Gasteiger partial charge on any atom is 0.416 e. The molecule has 9 nitrogen and oxygen atoms in total. The lowest BCUT2D eigenvalue weighted by atomic mass is 9.99. The number of alkyl carbamates (subject to hydrolysis) is 1. The van der Waals surface area contributed by atoms with Crippen molar-refractivity contribution in [2.24, 2.45) is 0 Å². The number of nitrogens with zero attached hydrogens (tertiary/aromatic N) is 3. The molecule has 1 aromatic heterocycles. The van der Waals surface area contributed by atoms with E-state index in [9.17, 15) is 27.6 Å². The molecule has 1 heterocycles. The van der Waals surface area contributed by atoms with Gasteiger partial charge in [0.1, 0.15) is 12.1 Å². The van der Waals surface area contributed by atoms with Crippen LogP contribution in [0.25, 0.3) is 11.4 Å². The molecule has 2 aromatic carbocycles. The maximum absolute atomic E-state index is 13.7. The number of aromatic nitrogens is 3. The number of hydrogen-bond donors (Lipinski definition) is 2. The van der Waals surface area contributed by atoms with Crippen molar-refractivity contribution >= 4 is 23.6 Å². The van der Waals surface area contributed by atoms with Crippen LogP contribution in [0.1, 0.15) is 56.8 Å². The van der Waals surface area contributed by atoms with Crippen molar-refractivity contribution < 1.29 is 27.5 Å². The highest BCUT2D eigenvalue weighted by atomic mass is 35.5. The van der Waals surface area contributed by atoms with Crippen LogP contribution < -0.4 is 16.3 Å². The van der Waals surface area contributed by atoms with Crippen molar-refractivity contribution in [3.8, 4) is 11.4 Å². The van der Waals surface area contributed by atoms with Gasteiger partial charge in [0.25, 0.3) is 0 Å². The van der Waals surface area contributed by atoms with Crippen LogP contribution in [0, 0.1) is 0 Å². The van der Waals surface area contributed by atoms with Crippen molar-refractivity contribution in [1.82, 2.24) is 25.0 Å². The van der Waals surface area contributed by atoms with Crippen LogP contribution >= 0.6 is 11.6 Å². The number of amides is 2. The SMILES string of the molecule is CC(C)(C)OC(=O)NC(CNC(=O)Cn1nc(-c2ccc(Cl)cc2)n(C2CC2)c1=O)c1ccccc1C(F)(F)F. The zero-order chi connectivity index (χ0) is 29.2. The Labute approximate surface area is 233 Å². The molecule has 3 aromatic rings. The van der Waals surface area contributed by atoms with Gasteiger partial charge in [-0.2, -0.15) is 13.2 Å². The van der Waals surface area contributed by atoms with E-state index in [0.717, 1.165) is 23.6 Å². The predicted octanol–water partition coefficient (Wildman–Crippen LogP) is 5.10. The molecule has 1 fully saturated rings. The van der Waals surface area contributed by atoms with Gasteiger partial charge in [0.05, 0.1) is 11.6 Å². The Morgan fingerprint density at radius 2 is 1.75 bits per heavy atom. The van der Waals surface area contributed by atoms with E-state index in [-0.39, 0.29) is 11.6 Å². The van der Waals surface area contributed by atoms with Crippen LogP contribution in [0.3, 0.4) is 0 Å². The highest BCUT2D eigenvalue weighted by Gasteiger charge is 2.36. The number of alkyl halides is 3. The summed E-state index contributed by atoms with van der Waals surface area (Å²) < 4.78 is 49.0. The van der Waals surface area contributed by atoms with Gasteiger partial charge in [0.2, 0.25) is 5.91 Å². The van der Waals surface area contributed by atoms with Crippen molar-refractivity contribution in [2.75, 3.05) is 6.54 Å². The van der Waals surface area contributed by atoms with Crippen molar-refractivity contribution in [2.45, 2.75) is 64.0 Å². The molecular formula is C27H29ClF3N5O4. The summed E-state index contributed by atoms with van der Waals surface area (Å²) in [5.41, 5.74) is -1.94. The molecule has 0 aliphatic heterocycles. The van der Waals surface area contributed by atoms with E-state index < -0.39 is 54.2 Å². The molecule has 2 amide bonds. The van der Waals surface area contributed by atoms with Crippen molar-refractivity contribution in [3.05, 3.63) is 75.2 Å². The minimum atomic E-state index is -4.70. The molecule has 0 bridgehead atoms. The van der Waals surface area contributed by atoms with Crippen LogP contribution in [-0.2, 0) is 22.3 Å². The van der Waals surface area contributed by atoms with Gasteiger partial charge < -0.3 is 15.4 Å². The number of benzene rings is 2. The van der Waals surface area contributed by atoms with Gasteiger partial charge in [-0.15, -0.1) is 5.10 Å². The molecule has 1 unspecified atom stereocenters. The minimum Gasteiger partial charge on any atom is -0.444 e. The third-order valence-corrected chi connectivity index (χ3v) is 6.27. The summed E-state index contributed by atoms with van der Waals surface area (Å²) in [4.78, 5) is 38.4. The van der Waals surface area contributed by atoms with Gasteiger partial charge >= 0.3 is 18.0 Å². The number of carbonyl (C=O) groups is 2. The zero-order valence-corrected chi connectivity index (χ0v) is 22.8. The molecule has 2 N–H and O–H groups in total. The third-order valence-electron chi connectivity index (χ3n) is 6.01. The molecule has 1 aliphatic carbocycles. The first-order chi connectivity index (χ1) is 18.7. The summed E-state index contributed by atoms with van der Waals surface area (Å²) in [6.45, 7) is 3.98. The maximum atomic E-state index is 13.7. The molecule has 0 saturated heterocycles. The van der Waals surface area contributed by atoms with Crippen LogP contribution in [0.15, 0.2) is 53.3 Å². The topological polar surface area (TPSA) is 107 Å². The number of rotatable bonds is 8. The van der Waals surface area contributed by atoms with Gasteiger partial charge in [-0.3, -0.25) is 9.36 Å². The van der Waals surface area contributed by atoms with Crippen LogP contribution in [0.5, 0.6) is 0 Å². The molecule has 214 valence electrons. The normalized spacial score (nSPS) is 14.5. The average Bonchev–Trinajstić information content (AvgIpc) is 3.64. The monoisotopic (exact) mass is 579 g/mol. The van der Waals surface area contributed by atoms with Gasteiger partial charge in [-0.05, 0) is 69.5 Å². The van der Waals surface area contributed by atoms with E-state index in [0.29, 0.717) is 16.4 Å². The van der Waals surface area contributed by atoms with E-state index in [1.165, 1.54) is 22.8 Å². The first-order valence-electron chi connectivity index (χ1n) is 12.6. The molecule has 1 atom stereocenters. The Bertz CT molecular complexity index is 1440. The minimum absolute atomic E-state index is 0.0312. The fraction of sp³-hybridized carbons (Fsp3) is 0.407. The Hall–Kier alpha value is -3.80. The standard InChI is InChI=1S/C27H29ClF3N5O4/c1-26(2,3)40-24(38)33-21(19-6-4-5-7-20(19)27(29,30)31)14-32-22(37)15-35-25(39)36(18-12-13-18)23(34-35)16-8-10-17(28)11-9-16/h4-11,18,21H,12-15H2,1-3H3,(H,32,37)(H,33,38). The molecule has 1 saturated carbocycles. The Balaban J connectivity index is 1.54. The number of halogens is 4. The Morgan fingerprint density at radius 1 is 1.10 bits per heavy atom. The van der Waals surface area contributed by atoms with Crippen LogP contribution in [0.4, 0.5) is 18.0 Å². The summed E-state index contributed by atoms with van der Waals surface area (Å²) in [5, 5.41) is 9.82. The quantitative estimate of drug-likeness (QED) is 0.386. The van der Waals surface area contributed by atoms with E-state index >= 15 is 0 Å². The second kappa shape index (κ2) is 11.4. The van der Waals surface area contributed by atoms with E-state index in [1.54, 1.807) is 45.0 Å². The fourth-order valence-electron chi connectivity index (χ4n) is 4.14. The lowest BCUT2D eigenvalue weighted by molar-refractivity contribution is -0.138. The fourth-order valence-corrected chi connectivity index (χ4v) is 4.26. The molecule has 40 heavy (non-hydrogen) atoms. The number of carbonyl (C=O) groups excluding carboxylic acids is 2. The first kappa shape index (κ1) is 29.2. The Morgan fingerprint density at radius 3 is 2.35 bits per heavy atom. The second-order valence-electron chi connectivity index (χ2n) is 10.5. The van der Waals surface area contributed by atoms with Crippen LogP contribution in [0.2, 0.25) is 5.02 Å². The summed E-state index contributed by atoms with van der Waals surface area (Å²) in [5.74, 6) is -0.286. The highest BCUT2D eigenvalue weighted by Crippen LogP contribution is 2.37. The van der Waals surface area contributed by atoms with Gasteiger partial charge in [0.15, 0.2) is 5.82 Å². The van der Waals surface area contributed by atoms with Crippen molar-refractivity contribution in [3.63, 3.8) is 0 Å². The number of ether oxygens (including phenoxy) is 1. The largest absolute Gasteiger partial charge is 0.444 e. The highest BCUT2D eigenvalue weighted by molar-refractivity contribution is 6.30. The summed E-state index contributed by atoms with van der Waals surface area (Å²) in [6.07, 6.45) is -4.05. The lowest BCUT2D eigenvalue weighted by Crippen LogP contribution is -2.42. The van der Waals surface area contributed by atoms with Gasteiger partial charge in [0, 0.05) is 23.2 Å². The molecule has 4 rings (SSSR count). The summed E-state index contributed by atoms with van der Waals surface area (Å²) >= 11 is 5.98. The van der Waals surface area contributed by atoms with Gasteiger partial charge in [-0.1, -0.05) is 29.8 Å². The van der Waals surface area contributed by atoms with E-state index in [4.69, 9.17) is 16.3 Å². The first-order valence-corrected chi connectivity index (χ1v) is 13.0. The van der Waals surface area contributed by atoms with Crippen molar-refractivity contribution in [1.29, 1.82) is 0 Å². The third kappa shape index (κ3) is 7.23. The number of hydrogen-bond acceptors (Lipinski definition) is 5. The van der Waals surface area contributed by atoms with Crippen LogP contribution in [-0.4, -0.2) is 38.5 Å². The number of nitrogens with one attached hydrogen (secondary N) is 2. The summed E-state index contributed by atoms with van der Waals surface area (Å²) in [6, 6.07) is 10.2. The average molecular weight is 580 g/mol. The zero-order valence-electron chi connectivity index (χ0n) is 22.1. The molecule has 0 spiro atoms. The van der Waals surface area contributed by atoms with E-state index in [2.05, 4.69) is 15.7 Å². The Kier molecular flexibility index (Phi) is 8.29. The second-order valence-corrected chi connectivity index (χ2v) is 10.9.